The number of aliphatic hydroxyl groups is 1. The lowest BCUT2D eigenvalue weighted by Crippen LogP contribution is -2.51. The van der Waals surface area contributed by atoms with Crippen molar-refractivity contribution < 1.29 is 44.3 Å². The van der Waals surface area contributed by atoms with E-state index in [9.17, 15) is 34.5 Å². The van der Waals surface area contributed by atoms with Crippen molar-refractivity contribution in [1.82, 2.24) is 19.6 Å². The predicted molar refractivity (Wildman–Crippen MR) is 116 cm³/mol. The second-order valence-corrected chi connectivity index (χ2v) is 8.05. The van der Waals surface area contributed by atoms with Crippen molar-refractivity contribution in [3.63, 3.8) is 0 Å². The quantitative estimate of drug-likeness (QED) is 0.231. The molecule has 1 heterocycles. The minimum Gasteiger partial charge on any atom is -0.480 e. The largest absolute Gasteiger partial charge is 0.480 e. The average Bonchev–Trinajstić information content (AvgIpc) is 2.71. The summed E-state index contributed by atoms with van der Waals surface area (Å²) in [5.74, 6) is -3.22. The molecule has 190 valence electrons. The van der Waals surface area contributed by atoms with Crippen LogP contribution in [-0.2, 0) is 23.9 Å². The van der Waals surface area contributed by atoms with E-state index in [0.717, 1.165) is 0 Å². The Labute approximate surface area is 193 Å². The molecule has 1 fully saturated rings. The maximum atomic E-state index is 11.9. The third-order valence-corrected chi connectivity index (χ3v) is 5.45. The van der Waals surface area contributed by atoms with Crippen molar-refractivity contribution in [1.29, 1.82) is 0 Å². The van der Waals surface area contributed by atoms with E-state index in [1.807, 2.05) is 4.90 Å². The van der Waals surface area contributed by atoms with Gasteiger partial charge in [-0.3, -0.25) is 34.0 Å². The Morgan fingerprint density at radius 2 is 1.24 bits per heavy atom. The predicted octanol–water partition coefficient (Wildman–Crippen LogP) is -1.88. The van der Waals surface area contributed by atoms with Crippen LogP contribution < -0.4 is 0 Å². The van der Waals surface area contributed by atoms with Crippen LogP contribution in [0.1, 0.15) is 19.8 Å². The average molecular weight is 477 g/mol. The monoisotopic (exact) mass is 476 g/mol. The summed E-state index contributed by atoms with van der Waals surface area (Å²) in [4.78, 5) is 52.9. The van der Waals surface area contributed by atoms with Gasteiger partial charge in [0.05, 0.1) is 13.1 Å². The van der Waals surface area contributed by atoms with E-state index in [1.165, 1.54) is 6.92 Å². The van der Waals surface area contributed by atoms with E-state index in [0.29, 0.717) is 26.2 Å². The molecule has 1 unspecified atom stereocenters. The fourth-order valence-corrected chi connectivity index (χ4v) is 3.66. The maximum absolute atomic E-state index is 11.9. The molecule has 13 heteroatoms. The van der Waals surface area contributed by atoms with Crippen LogP contribution in [0.2, 0.25) is 0 Å². The number of aliphatic hydroxyl groups excluding tert-OH is 1. The van der Waals surface area contributed by atoms with E-state index in [4.69, 9.17) is 9.84 Å². The normalized spacial score (nSPS) is 19.3. The third kappa shape index (κ3) is 12.6. The summed E-state index contributed by atoms with van der Waals surface area (Å²) < 4.78 is 5.06. The van der Waals surface area contributed by atoms with Gasteiger partial charge in [-0.25, -0.2) is 0 Å². The topological polar surface area (TPSA) is 171 Å². The standard InChI is InChI=1S/C20H36N4O9/c1-16(26)2-3-17(20(31)32)24-10-8-21(12-18(27)28)4-6-23(14-33-15-25)7-5-22(9-11-24)13-19(29)30/h17,25H,2-15H2,1H3,(H,27,28)(H,29,30)(H,31,32). The number of ketones is 1. The minimum atomic E-state index is -1.08. The summed E-state index contributed by atoms with van der Waals surface area (Å²) in [7, 11) is 0. The van der Waals surface area contributed by atoms with E-state index in [1.54, 1.807) is 14.7 Å². The highest BCUT2D eigenvalue weighted by molar-refractivity contribution is 5.78. The van der Waals surface area contributed by atoms with Crippen molar-refractivity contribution >= 4 is 23.7 Å². The number of aliphatic carboxylic acids is 3. The zero-order chi connectivity index (χ0) is 24.8. The van der Waals surface area contributed by atoms with Crippen molar-refractivity contribution in [2.24, 2.45) is 0 Å². The van der Waals surface area contributed by atoms with E-state index < -0.39 is 30.7 Å². The van der Waals surface area contributed by atoms with Gasteiger partial charge in [0.1, 0.15) is 25.3 Å². The Balaban J connectivity index is 3.07. The van der Waals surface area contributed by atoms with Crippen molar-refractivity contribution in [3.05, 3.63) is 0 Å². The zero-order valence-corrected chi connectivity index (χ0v) is 19.1. The van der Waals surface area contributed by atoms with Crippen LogP contribution in [0.5, 0.6) is 0 Å². The first-order valence-electron chi connectivity index (χ1n) is 10.9. The second kappa shape index (κ2) is 15.6. The zero-order valence-electron chi connectivity index (χ0n) is 19.1. The number of carbonyl (C=O) groups is 4. The molecular weight excluding hydrogens is 440 g/mol. The molecule has 4 N–H and O–H groups in total. The van der Waals surface area contributed by atoms with Gasteiger partial charge < -0.3 is 30.0 Å². The summed E-state index contributed by atoms with van der Waals surface area (Å²) in [5, 5.41) is 37.2. The smallest absolute Gasteiger partial charge is 0.320 e. The van der Waals surface area contributed by atoms with Crippen LogP contribution in [0, 0.1) is 0 Å². The van der Waals surface area contributed by atoms with Gasteiger partial charge in [-0.1, -0.05) is 0 Å². The van der Waals surface area contributed by atoms with Gasteiger partial charge in [0.15, 0.2) is 0 Å². The summed E-state index contributed by atoms with van der Waals surface area (Å²) in [6, 6.07) is -0.940. The SMILES string of the molecule is CC(=O)CCC(C(=O)O)N1CCN(CC(=O)O)CCN(COCO)CCN(CC(=O)O)CC1. The van der Waals surface area contributed by atoms with Crippen LogP contribution in [0.25, 0.3) is 0 Å². The summed E-state index contributed by atoms with van der Waals surface area (Å²) in [5.41, 5.74) is 0. The van der Waals surface area contributed by atoms with E-state index in [-0.39, 0.29) is 64.6 Å². The molecule has 0 radical (unpaired) electrons. The van der Waals surface area contributed by atoms with Gasteiger partial charge in [-0.05, 0) is 13.3 Å². The molecule has 0 aromatic carbocycles. The highest BCUT2D eigenvalue weighted by Crippen LogP contribution is 2.11. The molecule has 0 aliphatic carbocycles. The molecule has 0 saturated carbocycles. The number of hydrogen-bond acceptors (Lipinski definition) is 10. The number of Topliss-reactive ketones (excluding diaryl/α,β-unsaturated/α-hetero) is 1. The molecule has 33 heavy (non-hydrogen) atoms. The van der Waals surface area contributed by atoms with Crippen molar-refractivity contribution in [2.45, 2.75) is 25.8 Å². The van der Waals surface area contributed by atoms with Crippen LogP contribution >= 0.6 is 0 Å². The molecule has 0 aromatic heterocycles. The summed E-state index contributed by atoms with van der Waals surface area (Å²) >= 11 is 0. The van der Waals surface area contributed by atoms with Crippen LogP contribution in [0.4, 0.5) is 0 Å². The number of hydrogen-bond donors (Lipinski definition) is 4. The van der Waals surface area contributed by atoms with Gasteiger partial charge in [0, 0.05) is 58.8 Å². The number of nitrogens with zero attached hydrogens (tertiary/aromatic N) is 4. The van der Waals surface area contributed by atoms with Crippen molar-refractivity contribution in [2.75, 3.05) is 79.0 Å². The maximum Gasteiger partial charge on any atom is 0.320 e. The lowest BCUT2D eigenvalue weighted by Gasteiger charge is -2.35. The fourth-order valence-electron chi connectivity index (χ4n) is 3.66. The first-order chi connectivity index (χ1) is 15.6. The van der Waals surface area contributed by atoms with Gasteiger partial charge in [0.2, 0.25) is 0 Å². The van der Waals surface area contributed by atoms with Crippen LogP contribution in [-0.4, -0.2) is 149 Å². The Hall–Kier alpha value is -2.16. The lowest BCUT2D eigenvalue weighted by atomic mass is 10.1. The molecular formula is C20H36N4O9. The summed E-state index contributed by atoms with van der Waals surface area (Å²) in [6.07, 6.45) is 0.222. The number of ether oxygens (including phenoxy) is 1. The lowest BCUT2D eigenvalue weighted by molar-refractivity contribution is -0.145. The Bertz CT molecular complexity index is 617. The van der Waals surface area contributed by atoms with Crippen molar-refractivity contribution in [3.8, 4) is 0 Å². The molecule has 1 atom stereocenters. The number of carboxylic acids is 3. The number of carbonyl (C=O) groups excluding carboxylic acids is 1. The molecule has 1 aliphatic rings. The Morgan fingerprint density at radius 3 is 1.64 bits per heavy atom. The van der Waals surface area contributed by atoms with Crippen LogP contribution in [0.3, 0.4) is 0 Å². The van der Waals surface area contributed by atoms with Gasteiger partial charge in [-0.15, -0.1) is 0 Å². The van der Waals surface area contributed by atoms with Gasteiger partial charge >= 0.3 is 17.9 Å². The minimum absolute atomic E-state index is 0.102. The molecule has 1 rings (SSSR count). The molecule has 1 saturated heterocycles. The highest BCUT2D eigenvalue weighted by atomic mass is 16.6. The number of carboxylic acid groups (broad SMARTS) is 3. The first kappa shape index (κ1) is 28.9. The molecule has 13 nitrogen and oxygen atoms in total. The van der Waals surface area contributed by atoms with Crippen LogP contribution in [0.15, 0.2) is 0 Å². The molecule has 0 aromatic rings. The molecule has 0 amide bonds. The van der Waals surface area contributed by atoms with E-state index >= 15 is 0 Å². The molecule has 0 bridgehead atoms. The Morgan fingerprint density at radius 1 is 0.788 bits per heavy atom. The number of rotatable bonds is 12. The third-order valence-electron chi connectivity index (χ3n) is 5.45. The Kier molecular flexibility index (Phi) is 13.7. The highest BCUT2D eigenvalue weighted by Gasteiger charge is 2.28. The van der Waals surface area contributed by atoms with Gasteiger partial charge in [0.25, 0.3) is 0 Å². The molecule has 0 spiro atoms. The first-order valence-corrected chi connectivity index (χ1v) is 10.9. The molecule has 1 aliphatic heterocycles. The second-order valence-electron chi connectivity index (χ2n) is 8.05. The fraction of sp³-hybridized carbons (Fsp3) is 0.800. The van der Waals surface area contributed by atoms with E-state index in [2.05, 4.69) is 0 Å². The summed E-state index contributed by atoms with van der Waals surface area (Å²) in [6.45, 7) is 3.19. The van der Waals surface area contributed by atoms with Gasteiger partial charge in [-0.2, -0.15) is 0 Å².